The minimum Gasteiger partial charge on any atom is -0.508 e. The summed E-state index contributed by atoms with van der Waals surface area (Å²) in [6, 6.07) is 9.87. The molecule has 0 spiro atoms. The first-order chi connectivity index (χ1) is 8.56. The van der Waals surface area contributed by atoms with Crippen LogP contribution >= 0.6 is 0 Å². The minimum absolute atomic E-state index is 0.153. The van der Waals surface area contributed by atoms with E-state index >= 15 is 0 Å². The molecular weight excluding hydrogens is 236 g/mol. The molecule has 2 aromatic carbocycles. The molecule has 0 radical (unpaired) electrons. The van der Waals surface area contributed by atoms with Crippen LogP contribution in [0.2, 0.25) is 0 Å². The predicted molar refractivity (Wildman–Crippen MR) is 66.5 cm³/mol. The van der Waals surface area contributed by atoms with Gasteiger partial charge in [-0.1, -0.05) is 12.1 Å². The monoisotopic (exact) mass is 249 g/mol. The van der Waals surface area contributed by atoms with E-state index in [1.54, 1.807) is 18.2 Å². The van der Waals surface area contributed by atoms with E-state index < -0.39 is 11.6 Å². The molecule has 2 N–H and O–H groups in total. The second-order valence-corrected chi connectivity index (χ2v) is 4.09. The second-order valence-electron chi connectivity index (χ2n) is 4.09. The summed E-state index contributed by atoms with van der Waals surface area (Å²) in [7, 11) is 0. The van der Waals surface area contributed by atoms with Gasteiger partial charge < -0.3 is 10.4 Å². The van der Waals surface area contributed by atoms with Crippen molar-refractivity contribution < 1.29 is 13.9 Å². The van der Waals surface area contributed by atoms with Crippen LogP contribution in [0.25, 0.3) is 0 Å². The molecule has 0 fully saturated rings. The molecule has 0 saturated carbocycles. The number of anilines is 1. The molecular formula is C14H13F2NO. The maximum atomic E-state index is 13.5. The fourth-order valence-electron chi connectivity index (χ4n) is 1.72. The number of aromatic hydroxyl groups is 1. The smallest absolute Gasteiger partial charge is 0.149 e. The molecule has 0 aliphatic heterocycles. The van der Waals surface area contributed by atoms with Crippen LogP contribution in [0, 0.1) is 11.6 Å². The number of phenolic OH excluding ortho intramolecular Hbond substituents is 1. The van der Waals surface area contributed by atoms with Gasteiger partial charge >= 0.3 is 0 Å². The third-order valence-corrected chi connectivity index (χ3v) is 2.67. The van der Waals surface area contributed by atoms with E-state index in [0.29, 0.717) is 0 Å². The van der Waals surface area contributed by atoms with Gasteiger partial charge in [-0.3, -0.25) is 0 Å². The number of rotatable bonds is 3. The van der Waals surface area contributed by atoms with Crippen LogP contribution < -0.4 is 5.32 Å². The second kappa shape index (κ2) is 5.04. The van der Waals surface area contributed by atoms with Crippen molar-refractivity contribution in [2.75, 3.05) is 5.32 Å². The molecule has 0 heterocycles. The number of halogens is 2. The summed E-state index contributed by atoms with van der Waals surface area (Å²) in [6.07, 6.45) is 0. The third kappa shape index (κ3) is 2.77. The van der Waals surface area contributed by atoms with Crippen LogP contribution in [0.3, 0.4) is 0 Å². The molecule has 0 aliphatic carbocycles. The molecule has 0 aromatic heterocycles. The molecule has 0 amide bonds. The molecule has 2 nitrogen and oxygen atoms in total. The van der Waals surface area contributed by atoms with Gasteiger partial charge in [0.2, 0.25) is 0 Å². The Kier molecular flexibility index (Phi) is 3.46. The van der Waals surface area contributed by atoms with E-state index in [1.165, 1.54) is 12.1 Å². The van der Waals surface area contributed by atoms with Gasteiger partial charge in [-0.05, 0) is 36.8 Å². The molecule has 4 heteroatoms. The molecule has 1 unspecified atom stereocenters. The van der Waals surface area contributed by atoms with Crippen LogP contribution in [0.4, 0.5) is 14.5 Å². The molecule has 0 bridgehead atoms. The van der Waals surface area contributed by atoms with E-state index in [2.05, 4.69) is 5.32 Å². The minimum atomic E-state index is -0.637. The average Bonchev–Trinajstić information content (AvgIpc) is 2.32. The van der Waals surface area contributed by atoms with Gasteiger partial charge in [-0.15, -0.1) is 0 Å². The van der Waals surface area contributed by atoms with Gasteiger partial charge in [0.25, 0.3) is 0 Å². The van der Waals surface area contributed by atoms with E-state index in [1.807, 2.05) is 13.0 Å². The zero-order chi connectivity index (χ0) is 13.1. The Bertz CT molecular complexity index is 557. The van der Waals surface area contributed by atoms with Crippen molar-refractivity contribution in [3.63, 3.8) is 0 Å². The number of benzene rings is 2. The van der Waals surface area contributed by atoms with Crippen molar-refractivity contribution in [2.45, 2.75) is 13.0 Å². The lowest BCUT2D eigenvalue weighted by Crippen LogP contribution is -2.07. The van der Waals surface area contributed by atoms with Crippen molar-refractivity contribution in [2.24, 2.45) is 0 Å². The Balaban J connectivity index is 2.18. The standard InChI is InChI=1S/C14H13F2NO/c1-9(10-3-2-4-12(18)7-10)17-14-6-5-11(15)8-13(14)16/h2-9,17-18H,1H3. The number of nitrogens with one attached hydrogen (secondary N) is 1. The summed E-state index contributed by atoms with van der Waals surface area (Å²) >= 11 is 0. The van der Waals surface area contributed by atoms with Crippen molar-refractivity contribution in [1.29, 1.82) is 0 Å². The lowest BCUT2D eigenvalue weighted by molar-refractivity contribution is 0.474. The normalized spacial score (nSPS) is 12.2. The lowest BCUT2D eigenvalue weighted by atomic mass is 10.1. The average molecular weight is 249 g/mol. The maximum absolute atomic E-state index is 13.5. The highest BCUT2D eigenvalue weighted by atomic mass is 19.1. The molecule has 2 aromatic rings. The number of hydrogen-bond acceptors (Lipinski definition) is 2. The summed E-state index contributed by atoms with van der Waals surface area (Å²) in [5.74, 6) is -1.09. The van der Waals surface area contributed by atoms with Crippen molar-refractivity contribution in [3.8, 4) is 5.75 Å². The van der Waals surface area contributed by atoms with Crippen molar-refractivity contribution in [1.82, 2.24) is 0 Å². The molecule has 1 atom stereocenters. The molecule has 94 valence electrons. The highest BCUT2D eigenvalue weighted by molar-refractivity contribution is 5.47. The topological polar surface area (TPSA) is 32.3 Å². The van der Waals surface area contributed by atoms with Crippen LogP contribution in [-0.4, -0.2) is 5.11 Å². The van der Waals surface area contributed by atoms with E-state index in [9.17, 15) is 13.9 Å². The summed E-state index contributed by atoms with van der Waals surface area (Å²) < 4.78 is 26.2. The predicted octanol–water partition coefficient (Wildman–Crippen LogP) is 3.84. The molecule has 2 rings (SSSR count). The Morgan fingerprint density at radius 2 is 1.89 bits per heavy atom. The Labute approximate surface area is 104 Å². The number of phenols is 1. The van der Waals surface area contributed by atoms with E-state index in [0.717, 1.165) is 11.6 Å². The van der Waals surface area contributed by atoms with Crippen molar-refractivity contribution >= 4 is 5.69 Å². The number of hydrogen-bond donors (Lipinski definition) is 2. The Hall–Kier alpha value is -2.10. The highest BCUT2D eigenvalue weighted by Gasteiger charge is 2.09. The third-order valence-electron chi connectivity index (χ3n) is 2.67. The van der Waals surface area contributed by atoms with E-state index in [-0.39, 0.29) is 17.5 Å². The first kappa shape index (κ1) is 12.4. The van der Waals surface area contributed by atoms with Gasteiger partial charge in [0, 0.05) is 12.1 Å². The fraction of sp³-hybridized carbons (Fsp3) is 0.143. The summed E-state index contributed by atoms with van der Waals surface area (Å²) in [5, 5.41) is 12.3. The first-order valence-electron chi connectivity index (χ1n) is 5.57. The van der Waals surface area contributed by atoms with Crippen LogP contribution in [0.1, 0.15) is 18.5 Å². The van der Waals surface area contributed by atoms with Gasteiger partial charge in [0.05, 0.1) is 5.69 Å². The zero-order valence-corrected chi connectivity index (χ0v) is 9.82. The molecule has 0 aliphatic rings. The summed E-state index contributed by atoms with van der Waals surface area (Å²) in [5.41, 5.74) is 1.05. The van der Waals surface area contributed by atoms with Crippen molar-refractivity contribution in [3.05, 3.63) is 59.7 Å². The largest absolute Gasteiger partial charge is 0.508 e. The Morgan fingerprint density at radius 1 is 1.11 bits per heavy atom. The molecule has 18 heavy (non-hydrogen) atoms. The van der Waals surface area contributed by atoms with Crippen LogP contribution in [-0.2, 0) is 0 Å². The maximum Gasteiger partial charge on any atom is 0.149 e. The van der Waals surface area contributed by atoms with Crippen LogP contribution in [0.5, 0.6) is 5.75 Å². The zero-order valence-electron chi connectivity index (χ0n) is 9.82. The summed E-state index contributed by atoms with van der Waals surface area (Å²) in [6.45, 7) is 1.83. The van der Waals surface area contributed by atoms with Gasteiger partial charge in [-0.25, -0.2) is 8.78 Å². The Morgan fingerprint density at radius 3 is 2.56 bits per heavy atom. The SMILES string of the molecule is CC(Nc1ccc(F)cc1F)c1cccc(O)c1. The van der Waals surface area contributed by atoms with Gasteiger partial charge in [0.1, 0.15) is 17.4 Å². The quantitative estimate of drug-likeness (QED) is 0.866. The first-order valence-corrected chi connectivity index (χ1v) is 5.57. The van der Waals surface area contributed by atoms with Gasteiger partial charge in [0.15, 0.2) is 0 Å². The fourth-order valence-corrected chi connectivity index (χ4v) is 1.72. The van der Waals surface area contributed by atoms with Gasteiger partial charge in [-0.2, -0.15) is 0 Å². The lowest BCUT2D eigenvalue weighted by Gasteiger charge is -2.16. The van der Waals surface area contributed by atoms with E-state index in [4.69, 9.17) is 0 Å². The van der Waals surface area contributed by atoms with Crippen LogP contribution in [0.15, 0.2) is 42.5 Å². The molecule has 0 saturated heterocycles. The summed E-state index contributed by atoms with van der Waals surface area (Å²) in [4.78, 5) is 0. The highest BCUT2D eigenvalue weighted by Crippen LogP contribution is 2.24.